The van der Waals surface area contributed by atoms with Crippen molar-refractivity contribution in [3.63, 3.8) is 0 Å². The van der Waals surface area contributed by atoms with Crippen LogP contribution in [0.4, 0.5) is 0 Å². The second kappa shape index (κ2) is 7.40. The van der Waals surface area contributed by atoms with Gasteiger partial charge >= 0.3 is 0 Å². The van der Waals surface area contributed by atoms with Crippen LogP contribution in [-0.2, 0) is 11.2 Å². The number of quaternary nitrogens is 1. The molecule has 0 unspecified atom stereocenters. The summed E-state index contributed by atoms with van der Waals surface area (Å²) < 4.78 is 11.5. The van der Waals surface area contributed by atoms with Crippen molar-refractivity contribution < 1.29 is 18.8 Å². The molecule has 0 saturated carbocycles. The Labute approximate surface area is 143 Å². The fourth-order valence-corrected chi connectivity index (χ4v) is 3.71. The molecule has 3 saturated heterocycles. The average molecular weight is 334 g/mol. The first-order valence-electron chi connectivity index (χ1n) is 8.69. The number of hydrogen-bond donors (Lipinski definition) is 1. The van der Waals surface area contributed by atoms with Gasteiger partial charge in [-0.25, -0.2) is 0 Å². The van der Waals surface area contributed by atoms with Gasteiger partial charge in [-0.3, -0.25) is 9.69 Å². The highest BCUT2D eigenvalue weighted by Gasteiger charge is 2.39. The largest absolute Gasteiger partial charge is 0.493 e. The molecule has 6 heteroatoms. The van der Waals surface area contributed by atoms with Crippen LogP contribution in [0.15, 0.2) is 18.2 Å². The quantitative estimate of drug-likeness (QED) is 0.738. The van der Waals surface area contributed by atoms with E-state index in [1.54, 1.807) is 14.2 Å². The number of ether oxygens (including phenoxy) is 2. The maximum atomic E-state index is 12.3. The van der Waals surface area contributed by atoms with Crippen LogP contribution in [-0.4, -0.2) is 81.9 Å². The monoisotopic (exact) mass is 334 g/mol. The fraction of sp³-hybridized carbons (Fsp3) is 0.611. The summed E-state index contributed by atoms with van der Waals surface area (Å²) in [5.41, 5.74) is 1.13. The number of benzene rings is 1. The molecule has 3 aliphatic heterocycles. The van der Waals surface area contributed by atoms with E-state index in [2.05, 4.69) is 10.2 Å². The molecule has 0 aliphatic carbocycles. The van der Waals surface area contributed by atoms with Gasteiger partial charge in [0, 0.05) is 26.2 Å². The van der Waals surface area contributed by atoms with Crippen molar-refractivity contribution in [2.45, 2.75) is 6.42 Å². The molecule has 6 nitrogen and oxygen atoms in total. The highest BCUT2D eigenvalue weighted by molar-refractivity contribution is 5.77. The van der Waals surface area contributed by atoms with Crippen LogP contribution in [0.1, 0.15) is 5.56 Å². The van der Waals surface area contributed by atoms with Crippen LogP contribution in [0.3, 0.4) is 0 Å². The lowest BCUT2D eigenvalue weighted by atomic mass is 10.1. The van der Waals surface area contributed by atoms with E-state index >= 15 is 0 Å². The molecular formula is C18H28N3O3+. The van der Waals surface area contributed by atoms with Crippen LogP contribution < -0.4 is 14.8 Å². The standard InChI is InChI=1S/C18H27N3O3/c1-23-16-4-3-15(13-17(16)24-2)5-6-19-18(22)14-21-10-7-20(8-11-21)9-12-21/h3-4,13H,5-12,14H2,1-2H3/p+1. The Bertz CT molecular complexity index is 569. The van der Waals surface area contributed by atoms with E-state index in [1.807, 2.05) is 18.2 Å². The molecular weight excluding hydrogens is 306 g/mol. The van der Waals surface area contributed by atoms with E-state index in [0.717, 1.165) is 67.2 Å². The van der Waals surface area contributed by atoms with Crippen LogP contribution in [0.5, 0.6) is 11.5 Å². The fourth-order valence-electron chi connectivity index (χ4n) is 3.71. The molecule has 0 radical (unpaired) electrons. The molecule has 4 rings (SSSR count). The van der Waals surface area contributed by atoms with Crippen LogP contribution >= 0.6 is 0 Å². The smallest absolute Gasteiger partial charge is 0.275 e. The number of methoxy groups -OCH3 is 2. The van der Waals surface area contributed by atoms with E-state index in [-0.39, 0.29) is 5.91 Å². The second-order valence-electron chi connectivity index (χ2n) is 6.80. The summed E-state index contributed by atoms with van der Waals surface area (Å²) in [4.78, 5) is 14.8. The zero-order chi connectivity index (χ0) is 17.0. The van der Waals surface area contributed by atoms with Crippen molar-refractivity contribution in [2.24, 2.45) is 0 Å². The van der Waals surface area contributed by atoms with Crippen molar-refractivity contribution in [3.8, 4) is 11.5 Å². The summed E-state index contributed by atoms with van der Waals surface area (Å²) in [5.74, 6) is 1.63. The molecule has 132 valence electrons. The van der Waals surface area contributed by atoms with E-state index in [4.69, 9.17) is 9.47 Å². The summed E-state index contributed by atoms with van der Waals surface area (Å²) in [6.07, 6.45) is 0.792. The van der Waals surface area contributed by atoms with Gasteiger partial charge in [-0.2, -0.15) is 0 Å². The lowest BCUT2D eigenvalue weighted by molar-refractivity contribution is -0.933. The lowest BCUT2D eigenvalue weighted by Crippen LogP contribution is -2.69. The third kappa shape index (κ3) is 3.82. The first-order valence-corrected chi connectivity index (χ1v) is 8.69. The van der Waals surface area contributed by atoms with Crippen molar-refractivity contribution in [1.29, 1.82) is 0 Å². The predicted molar refractivity (Wildman–Crippen MR) is 92.4 cm³/mol. The number of carbonyl (C=O) groups is 1. The SMILES string of the molecule is COc1ccc(CCNC(=O)C[N+]23CCN(CC2)CC3)cc1OC. The number of piperazine rings is 3. The van der Waals surface area contributed by atoms with E-state index in [9.17, 15) is 4.79 Å². The number of nitrogens with zero attached hydrogens (tertiary/aromatic N) is 2. The van der Waals surface area contributed by atoms with Gasteiger partial charge in [-0.05, 0) is 24.1 Å². The molecule has 1 amide bonds. The minimum Gasteiger partial charge on any atom is -0.493 e. The van der Waals surface area contributed by atoms with Gasteiger partial charge in [0.25, 0.3) is 5.91 Å². The Morgan fingerprint density at radius 2 is 1.79 bits per heavy atom. The van der Waals surface area contributed by atoms with E-state index in [0.29, 0.717) is 13.1 Å². The predicted octanol–water partition coefficient (Wildman–Crippen LogP) is 0.509. The minimum atomic E-state index is 0.172. The average Bonchev–Trinajstić information content (AvgIpc) is 2.62. The minimum absolute atomic E-state index is 0.172. The number of nitrogens with one attached hydrogen (secondary N) is 1. The van der Waals surface area contributed by atoms with Crippen LogP contribution in [0, 0.1) is 0 Å². The Morgan fingerprint density at radius 3 is 2.42 bits per heavy atom. The molecule has 3 fully saturated rings. The van der Waals surface area contributed by atoms with Gasteiger partial charge in [-0.1, -0.05) is 6.07 Å². The molecule has 1 aromatic carbocycles. The molecule has 0 aromatic heterocycles. The number of rotatable bonds is 7. The molecule has 2 bridgehead atoms. The van der Waals surface area contributed by atoms with Gasteiger partial charge in [0.1, 0.15) is 0 Å². The van der Waals surface area contributed by atoms with Crippen LogP contribution in [0.2, 0.25) is 0 Å². The first kappa shape index (κ1) is 17.0. The summed E-state index contributed by atoms with van der Waals surface area (Å²) in [6.45, 7) is 8.03. The third-order valence-electron chi connectivity index (χ3n) is 5.33. The summed E-state index contributed by atoms with van der Waals surface area (Å²) in [5, 5.41) is 3.08. The van der Waals surface area contributed by atoms with Crippen molar-refractivity contribution in [3.05, 3.63) is 23.8 Å². The molecule has 1 aromatic rings. The maximum absolute atomic E-state index is 12.3. The molecule has 24 heavy (non-hydrogen) atoms. The number of hydrogen-bond acceptors (Lipinski definition) is 4. The first-order chi connectivity index (χ1) is 11.6. The topological polar surface area (TPSA) is 50.8 Å². The Kier molecular flexibility index (Phi) is 5.26. The molecule has 0 atom stereocenters. The summed E-state index contributed by atoms with van der Waals surface area (Å²) >= 11 is 0. The summed E-state index contributed by atoms with van der Waals surface area (Å²) in [6, 6.07) is 5.89. The van der Waals surface area contributed by atoms with Crippen molar-refractivity contribution in [2.75, 3.05) is 66.6 Å². The Morgan fingerprint density at radius 1 is 1.12 bits per heavy atom. The summed E-state index contributed by atoms with van der Waals surface area (Å²) in [7, 11) is 3.27. The Hall–Kier alpha value is -1.79. The van der Waals surface area contributed by atoms with E-state index in [1.165, 1.54) is 0 Å². The van der Waals surface area contributed by atoms with Gasteiger partial charge in [0.05, 0.1) is 33.9 Å². The zero-order valence-corrected chi connectivity index (χ0v) is 14.7. The van der Waals surface area contributed by atoms with Gasteiger partial charge in [0.15, 0.2) is 18.0 Å². The van der Waals surface area contributed by atoms with Crippen molar-refractivity contribution in [1.82, 2.24) is 10.2 Å². The zero-order valence-electron chi connectivity index (χ0n) is 14.7. The highest BCUT2D eigenvalue weighted by atomic mass is 16.5. The number of carbonyl (C=O) groups excluding carboxylic acids is 1. The van der Waals surface area contributed by atoms with Gasteiger partial charge in [-0.15, -0.1) is 0 Å². The Balaban J connectivity index is 1.47. The number of fused-ring (bicyclic) bond motifs is 3. The maximum Gasteiger partial charge on any atom is 0.275 e. The molecule has 3 aliphatic rings. The molecule has 0 spiro atoms. The second-order valence-corrected chi connectivity index (χ2v) is 6.80. The molecule has 1 N–H and O–H groups in total. The normalized spacial score (nSPS) is 25.3. The lowest BCUT2D eigenvalue weighted by Gasteiger charge is -2.50. The van der Waals surface area contributed by atoms with Gasteiger partial charge in [0.2, 0.25) is 0 Å². The van der Waals surface area contributed by atoms with Crippen LogP contribution in [0.25, 0.3) is 0 Å². The van der Waals surface area contributed by atoms with Gasteiger partial charge < -0.3 is 19.3 Å². The van der Waals surface area contributed by atoms with E-state index < -0.39 is 0 Å². The number of amides is 1. The third-order valence-corrected chi connectivity index (χ3v) is 5.33. The molecule has 3 heterocycles. The van der Waals surface area contributed by atoms with Crippen molar-refractivity contribution >= 4 is 5.91 Å². The highest BCUT2D eigenvalue weighted by Crippen LogP contribution is 2.27.